The molecule has 1 fully saturated rings. The van der Waals surface area contributed by atoms with Gasteiger partial charge in [-0.25, -0.2) is 0 Å². The molecule has 1 aliphatic rings. The molecule has 1 atom stereocenters. The molecule has 0 spiro atoms. The van der Waals surface area contributed by atoms with Crippen molar-refractivity contribution in [3.63, 3.8) is 0 Å². The number of quaternary nitrogens is 1. The molecule has 1 amide bonds. The lowest BCUT2D eigenvalue weighted by Crippen LogP contribution is -3.10. The van der Waals surface area contributed by atoms with Crippen molar-refractivity contribution in [1.29, 1.82) is 0 Å². The van der Waals surface area contributed by atoms with E-state index < -0.39 is 0 Å². The molecule has 0 radical (unpaired) electrons. The number of nitrogens with one attached hydrogen (secondary N) is 2. The highest BCUT2D eigenvalue weighted by molar-refractivity contribution is 5.77. The van der Waals surface area contributed by atoms with E-state index in [0.29, 0.717) is 19.2 Å². The lowest BCUT2D eigenvalue weighted by atomic mass is 10.2. The molecular formula is C15H23N2O2+. The lowest BCUT2D eigenvalue weighted by Gasteiger charge is -2.14. The molecule has 2 rings (SSSR count). The van der Waals surface area contributed by atoms with Crippen LogP contribution in [-0.4, -0.2) is 38.7 Å². The largest absolute Gasteiger partial charge is 0.488 e. The third-order valence-electron chi connectivity index (χ3n) is 3.22. The van der Waals surface area contributed by atoms with Crippen LogP contribution in [0.1, 0.15) is 18.4 Å². The Kier molecular flexibility index (Phi) is 4.80. The van der Waals surface area contributed by atoms with Gasteiger partial charge in [0.1, 0.15) is 18.9 Å². The van der Waals surface area contributed by atoms with Crippen molar-refractivity contribution in [2.75, 3.05) is 26.7 Å². The van der Waals surface area contributed by atoms with Gasteiger partial charge in [0.2, 0.25) is 0 Å². The molecule has 1 unspecified atom stereocenters. The van der Waals surface area contributed by atoms with E-state index >= 15 is 0 Å². The standard InChI is InChI=1S/C15H22N2O2/c1-12-3-7-14(8-4-12)19-10-9-17(2)11-15(18)16-13-5-6-13/h3-4,7-8,13H,5-6,9-11H2,1-2H3,(H,16,18)/p+1. The second kappa shape index (κ2) is 6.57. The summed E-state index contributed by atoms with van der Waals surface area (Å²) in [6.07, 6.45) is 2.28. The second-order valence-electron chi connectivity index (χ2n) is 5.39. The molecule has 1 aliphatic carbocycles. The maximum atomic E-state index is 11.6. The molecule has 0 aliphatic heterocycles. The minimum Gasteiger partial charge on any atom is -0.488 e. The third kappa shape index (κ3) is 5.30. The summed E-state index contributed by atoms with van der Waals surface area (Å²) in [6.45, 7) is 4.03. The first kappa shape index (κ1) is 13.9. The molecule has 1 aromatic carbocycles. The van der Waals surface area contributed by atoms with Crippen LogP contribution in [0, 0.1) is 6.92 Å². The first-order valence-corrected chi connectivity index (χ1v) is 6.93. The van der Waals surface area contributed by atoms with Crippen molar-refractivity contribution in [3.8, 4) is 5.75 Å². The molecule has 4 nitrogen and oxygen atoms in total. The number of carbonyl (C=O) groups is 1. The number of rotatable bonds is 7. The molecule has 1 aromatic rings. The second-order valence-corrected chi connectivity index (χ2v) is 5.39. The number of likely N-dealkylation sites (N-methyl/N-ethyl adjacent to an activating group) is 1. The zero-order valence-electron chi connectivity index (χ0n) is 11.7. The topological polar surface area (TPSA) is 42.8 Å². The van der Waals surface area contributed by atoms with Crippen molar-refractivity contribution < 1.29 is 14.4 Å². The van der Waals surface area contributed by atoms with Gasteiger partial charge in [-0.2, -0.15) is 0 Å². The molecule has 1 saturated carbocycles. The Morgan fingerprint density at radius 1 is 1.37 bits per heavy atom. The summed E-state index contributed by atoms with van der Waals surface area (Å²) in [5.74, 6) is 1.04. The van der Waals surface area contributed by atoms with Crippen LogP contribution in [0.25, 0.3) is 0 Å². The van der Waals surface area contributed by atoms with Crippen molar-refractivity contribution in [1.82, 2.24) is 5.32 Å². The van der Waals surface area contributed by atoms with E-state index in [1.54, 1.807) is 0 Å². The van der Waals surface area contributed by atoms with Crippen LogP contribution >= 0.6 is 0 Å². The fraction of sp³-hybridized carbons (Fsp3) is 0.533. The van der Waals surface area contributed by atoms with Gasteiger partial charge in [-0.1, -0.05) is 17.7 Å². The predicted octanol–water partition coefficient (Wildman–Crippen LogP) is 0.167. The van der Waals surface area contributed by atoms with E-state index in [1.165, 1.54) is 10.5 Å². The van der Waals surface area contributed by atoms with Crippen LogP contribution in [0.4, 0.5) is 0 Å². The van der Waals surface area contributed by atoms with Gasteiger partial charge in [0.25, 0.3) is 5.91 Å². The highest BCUT2D eigenvalue weighted by Gasteiger charge is 2.24. The molecule has 0 aromatic heterocycles. The average molecular weight is 263 g/mol. The smallest absolute Gasteiger partial charge is 0.275 e. The van der Waals surface area contributed by atoms with Crippen molar-refractivity contribution in [2.24, 2.45) is 0 Å². The van der Waals surface area contributed by atoms with Gasteiger partial charge in [-0.3, -0.25) is 4.79 Å². The Bertz CT molecular complexity index is 413. The van der Waals surface area contributed by atoms with Crippen molar-refractivity contribution >= 4 is 5.91 Å². The summed E-state index contributed by atoms with van der Waals surface area (Å²) in [5, 5.41) is 3.00. The molecular weight excluding hydrogens is 240 g/mol. The highest BCUT2D eigenvalue weighted by atomic mass is 16.5. The first-order chi connectivity index (χ1) is 9.13. The summed E-state index contributed by atoms with van der Waals surface area (Å²) >= 11 is 0. The van der Waals surface area contributed by atoms with Gasteiger partial charge in [-0.05, 0) is 31.9 Å². The van der Waals surface area contributed by atoms with Gasteiger partial charge in [0.15, 0.2) is 6.54 Å². The van der Waals surface area contributed by atoms with Gasteiger partial charge in [0, 0.05) is 6.04 Å². The van der Waals surface area contributed by atoms with Crippen LogP contribution in [0.3, 0.4) is 0 Å². The van der Waals surface area contributed by atoms with Gasteiger partial charge >= 0.3 is 0 Å². The van der Waals surface area contributed by atoms with E-state index in [-0.39, 0.29) is 5.91 Å². The molecule has 0 saturated heterocycles. The van der Waals surface area contributed by atoms with Gasteiger partial charge in [0.05, 0.1) is 7.05 Å². The van der Waals surface area contributed by atoms with Crippen LogP contribution in [-0.2, 0) is 4.79 Å². The number of hydrogen-bond acceptors (Lipinski definition) is 2. The number of amides is 1. The SMILES string of the molecule is Cc1ccc(OCC[NH+](C)CC(=O)NC2CC2)cc1. The number of carbonyl (C=O) groups excluding carboxylic acids is 1. The van der Waals surface area contributed by atoms with E-state index in [1.807, 2.05) is 31.3 Å². The molecule has 104 valence electrons. The van der Waals surface area contributed by atoms with Crippen LogP contribution in [0.15, 0.2) is 24.3 Å². The Morgan fingerprint density at radius 3 is 2.68 bits per heavy atom. The Morgan fingerprint density at radius 2 is 2.05 bits per heavy atom. The summed E-state index contributed by atoms with van der Waals surface area (Å²) < 4.78 is 5.65. The maximum absolute atomic E-state index is 11.6. The third-order valence-corrected chi connectivity index (χ3v) is 3.22. The van der Waals surface area contributed by atoms with Gasteiger partial charge < -0.3 is 15.0 Å². The first-order valence-electron chi connectivity index (χ1n) is 6.93. The number of hydrogen-bond donors (Lipinski definition) is 2. The molecule has 4 heteroatoms. The quantitative estimate of drug-likeness (QED) is 0.736. The fourth-order valence-corrected chi connectivity index (χ4v) is 1.85. The summed E-state index contributed by atoms with van der Waals surface area (Å²) in [6, 6.07) is 8.47. The van der Waals surface area contributed by atoms with Crippen molar-refractivity contribution in [3.05, 3.63) is 29.8 Å². The number of aryl methyl sites for hydroxylation is 1. The fourth-order valence-electron chi connectivity index (χ4n) is 1.85. The number of benzene rings is 1. The normalized spacial score (nSPS) is 15.9. The van der Waals surface area contributed by atoms with Gasteiger partial charge in [-0.15, -0.1) is 0 Å². The molecule has 0 bridgehead atoms. The minimum absolute atomic E-state index is 0.148. The zero-order valence-corrected chi connectivity index (χ0v) is 11.7. The van der Waals surface area contributed by atoms with Crippen LogP contribution in [0.5, 0.6) is 5.75 Å². The maximum Gasteiger partial charge on any atom is 0.275 e. The Hall–Kier alpha value is -1.55. The molecule has 2 N–H and O–H groups in total. The Balaban J connectivity index is 1.61. The Labute approximate surface area is 114 Å². The molecule has 0 heterocycles. The average Bonchev–Trinajstić information content (AvgIpc) is 3.15. The number of ether oxygens (including phenoxy) is 1. The van der Waals surface area contributed by atoms with E-state index in [0.717, 1.165) is 25.1 Å². The van der Waals surface area contributed by atoms with Crippen LogP contribution < -0.4 is 15.0 Å². The monoisotopic (exact) mass is 263 g/mol. The lowest BCUT2D eigenvalue weighted by molar-refractivity contribution is -0.871. The summed E-state index contributed by atoms with van der Waals surface area (Å²) in [5.41, 5.74) is 1.23. The van der Waals surface area contributed by atoms with Crippen molar-refractivity contribution in [2.45, 2.75) is 25.8 Å². The van der Waals surface area contributed by atoms with Crippen LogP contribution in [0.2, 0.25) is 0 Å². The zero-order chi connectivity index (χ0) is 13.7. The highest BCUT2D eigenvalue weighted by Crippen LogP contribution is 2.17. The van der Waals surface area contributed by atoms with E-state index in [9.17, 15) is 4.79 Å². The predicted molar refractivity (Wildman–Crippen MR) is 74.5 cm³/mol. The summed E-state index contributed by atoms with van der Waals surface area (Å²) in [4.78, 5) is 12.8. The van der Waals surface area contributed by atoms with E-state index in [2.05, 4.69) is 12.2 Å². The molecule has 19 heavy (non-hydrogen) atoms. The minimum atomic E-state index is 0.148. The summed E-state index contributed by atoms with van der Waals surface area (Å²) in [7, 11) is 2.02. The van der Waals surface area contributed by atoms with E-state index in [4.69, 9.17) is 4.74 Å².